The molecule has 2 heterocycles. The molecule has 24 heavy (non-hydrogen) atoms. The van der Waals surface area contributed by atoms with Gasteiger partial charge in [0.05, 0.1) is 5.56 Å². The molecule has 1 aromatic heterocycles. The second kappa shape index (κ2) is 8.53. The van der Waals surface area contributed by atoms with Gasteiger partial charge in [0.15, 0.2) is 5.13 Å². The van der Waals surface area contributed by atoms with Crippen LogP contribution in [0, 0.1) is 5.92 Å². The molecule has 2 aromatic rings. The second-order valence-electron chi connectivity index (χ2n) is 5.91. The number of thioether (sulfide) groups is 1. The van der Waals surface area contributed by atoms with E-state index in [-0.39, 0.29) is 5.91 Å². The van der Waals surface area contributed by atoms with Crippen LogP contribution in [0.15, 0.2) is 40.7 Å². The number of amides is 1. The Morgan fingerprint density at radius 3 is 3.12 bits per heavy atom. The number of nitrogens with one attached hydrogen (secondary N) is 1. The highest BCUT2D eigenvalue weighted by Crippen LogP contribution is 2.25. The summed E-state index contributed by atoms with van der Waals surface area (Å²) in [5.74, 6) is 1.49. The molecule has 1 N–H and O–H groups in total. The molecule has 1 aliphatic rings. The SMILES string of the molecule is CCSc1ccccc1C(=O)NCC1CCCN(c2nccs2)C1. The summed E-state index contributed by atoms with van der Waals surface area (Å²) in [7, 11) is 0. The first-order valence-electron chi connectivity index (χ1n) is 8.42. The summed E-state index contributed by atoms with van der Waals surface area (Å²) >= 11 is 3.40. The number of aromatic nitrogens is 1. The maximum Gasteiger partial charge on any atom is 0.252 e. The maximum atomic E-state index is 12.5. The van der Waals surface area contributed by atoms with Crippen molar-refractivity contribution in [3.05, 3.63) is 41.4 Å². The van der Waals surface area contributed by atoms with Gasteiger partial charge in [0.2, 0.25) is 0 Å². The Kier molecular flexibility index (Phi) is 6.15. The summed E-state index contributed by atoms with van der Waals surface area (Å²) in [6.07, 6.45) is 4.17. The molecule has 1 aromatic carbocycles. The van der Waals surface area contributed by atoms with Crippen LogP contribution in [0.4, 0.5) is 5.13 Å². The minimum atomic E-state index is 0.0397. The van der Waals surface area contributed by atoms with Crippen molar-refractivity contribution in [2.24, 2.45) is 5.92 Å². The molecule has 0 bridgehead atoms. The number of thiazole rings is 1. The topological polar surface area (TPSA) is 45.2 Å². The van der Waals surface area contributed by atoms with Gasteiger partial charge in [0.25, 0.3) is 5.91 Å². The third-order valence-electron chi connectivity index (χ3n) is 4.19. The van der Waals surface area contributed by atoms with E-state index in [4.69, 9.17) is 0 Å². The van der Waals surface area contributed by atoms with Crippen molar-refractivity contribution in [1.82, 2.24) is 10.3 Å². The average Bonchev–Trinajstić information content (AvgIpc) is 3.15. The number of benzene rings is 1. The predicted octanol–water partition coefficient (Wildman–Crippen LogP) is 3.90. The number of rotatable bonds is 6. The fourth-order valence-electron chi connectivity index (χ4n) is 3.05. The lowest BCUT2D eigenvalue weighted by Gasteiger charge is -2.32. The van der Waals surface area contributed by atoms with Crippen molar-refractivity contribution < 1.29 is 4.79 Å². The van der Waals surface area contributed by atoms with Gasteiger partial charge in [-0.3, -0.25) is 4.79 Å². The van der Waals surface area contributed by atoms with E-state index in [0.717, 1.165) is 53.8 Å². The Hall–Kier alpha value is -1.53. The lowest BCUT2D eigenvalue weighted by atomic mass is 9.98. The van der Waals surface area contributed by atoms with Crippen LogP contribution >= 0.6 is 23.1 Å². The average molecular weight is 362 g/mol. The molecule has 1 amide bonds. The Balaban J connectivity index is 1.56. The van der Waals surface area contributed by atoms with E-state index >= 15 is 0 Å². The summed E-state index contributed by atoms with van der Waals surface area (Å²) in [6, 6.07) is 7.85. The summed E-state index contributed by atoms with van der Waals surface area (Å²) in [4.78, 5) is 20.3. The standard InChI is InChI=1S/C18H23N3OS2/c1-2-23-16-8-4-3-7-15(16)17(22)20-12-14-6-5-10-21(13-14)18-19-9-11-24-18/h3-4,7-9,11,14H,2,5-6,10,12-13H2,1H3,(H,20,22). The van der Waals surface area contributed by atoms with E-state index in [9.17, 15) is 4.79 Å². The van der Waals surface area contributed by atoms with Crippen LogP contribution in [0.1, 0.15) is 30.1 Å². The first-order chi connectivity index (χ1) is 11.8. The molecule has 1 aliphatic heterocycles. The third kappa shape index (κ3) is 4.30. The van der Waals surface area contributed by atoms with E-state index in [0.29, 0.717) is 5.92 Å². The first-order valence-corrected chi connectivity index (χ1v) is 10.3. The molecule has 0 aliphatic carbocycles. The number of hydrogen-bond acceptors (Lipinski definition) is 5. The minimum absolute atomic E-state index is 0.0397. The van der Waals surface area contributed by atoms with Crippen molar-refractivity contribution >= 4 is 34.1 Å². The molecule has 0 saturated carbocycles. The van der Waals surface area contributed by atoms with Crippen LogP contribution in [0.2, 0.25) is 0 Å². The van der Waals surface area contributed by atoms with Crippen molar-refractivity contribution in [3.63, 3.8) is 0 Å². The molecule has 1 saturated heterocycles. The van der Waals surface area contributed by atoms with Crippen molar-refractivity contribution in [1.29, 1.82) is 0 Å². The molecule has 3 rings (SSSR count). The van der Waals surface area contributed by atoms with Crippen molar-refractivity contribution in [2.75, 3.05) is 30.3 Å². The van der Waals surface area contributed by atoms with Crippen LogP contribution in [0.25, 0.3) is 0 Å². The fraction of sp³-hybridized carbons (Fsp3) is 0.444. The largest absolute Gasteiger partial charge is 0.352 e. The molecule has 1 atom stereocenters. The summed E-state index contributed by atoms with van der Waals surface area (Å²) in [5.41, 5.74) is 0.789. The zero-order valence-electron chi connectivity index (χ0n) is 13.9. The molecule has 1 fully saturated rings. The predicted molar refractivity (Wildman–Crippen MR) is 102 cm³/mol. The lowest BCUT2D eigenvalue weighted by molar-refractivity contribution is 0.0942. The van der Waals surface area contributed by atoms with Gasteiger partial charge in [0.1, 0.15) is 0 Å². The quantitative estimate of drug-likeness (QED) is 0.793. The Morgan fingerprint density at radius 2 is 2.33 bits per heavy atom. The number of carbonyl (C=O) groups is 1. The van der Waals surface area contributed by atoms with E-state index in [1.165, 1.54) is 0 Å². The number of piperidine rings is 1. The molecule has 6 heteroatoms. The minimum Gasteiger partial charge on any atom is -0.352 e. The fourth-order valence-corrected chi connectivity index (χ4v) is 4.53. The zero-order valence-corrected chi connectivity index (χ0v) is 15.5. The van der Waals surface area contributed by atoms with Gasteiger partial charge in [-0.15, -0.1) is 23.1 Å². The van der Waals surface area contributed by atoms with Gasteiger partial charge < -0.3 is 10.2 Å². The normalized spacial score (nSPS) is 17.7. The highest BCUT2D eigenvalue weighted by molar-refractivity contribution is 7.99. The maximum absolute atomic E-state index is 12.5. The van der Waals surface area contributed by atoms with Gasteiger partial charge in [-0.1, -0.05) is 19.1 Å². The van der Waals surface area contributed by atoms with Gasteiger partial charge in [-0.25, -0.2) is 4.98 Å². The van der Waals surface area contributed by atoms with E-state index < -0.39 is 0 Å². The van der Waals surface area contributed by atoms with E-state index in [1.807, 2.05) is 35.8 Å². The Labute approximate surface area is 151 Å². The Bertz CT molecular complexity index is 660. The number of hydrogen-bond donors (Lipinski definition) is 1. The molecular formula is C18H23N3OS2. The van der Waals surface area contributed by atoms with Gasteiger partial charge >= 0.3 is 0 Å². The number of anilines is 1. The zero-order chi connectivity index (χ0) is 16.8. The van der Waals surface area contributed by atoms with E-state index in [1.54, 1.807) is 23.1 Å². The Morgan fingerprint density at radius 1 is 1.46 bits per heavy atom. The second-order valence-corrected chi connectivity index (χ2v) is 8.09. The van der Waals surface area contributed by atoms with Crippen molar-refractivity contribution in [2.45, 2.75) is 24.7 Å². The van der Waals surface area contributed by atoms with Gasteiger partial charge in [-0.2, -0.15) is 0 Å². The molecule has 128 valence electrons. The van der Waals surface area contributed by atoms with Gasteiger partial charge in [0, 0.05) is 36.1 Å². The lowest BCUT2D eigenvalue weighted by Crippen LogP contribution is -2.41. The highest BCUT2D eigenvalue weighted by atomic mass is 32.2. The van der Waals surface area contributed by atoms with Crippen LogP contribution in [0.3, 0.4) is 0 Å². The smallest absolute Gasteiger partial charge is 0.252 e. The van der Waals surface area contributed by atoms with Crippen LogP contribution in [-0.4, -0.2) is 36.3 Å². The summed E-state index contributed by atoms with van der Waals surface area (Å²) < 4.78 is 0. The molecule has 0 spiro atoms. The highest BCUT2D eigenvalue weighted by Gasteiger charge is 2.22. The first kappa shape index (κ1) is 17.3. The molecule has 0 radical (unpaired) electrons. The monoisotopic (exact) mass is 361 g/mol. The van der Waals surface area contributed by atoms with Crippen LogP contribution < -0.4 is 10.2 Å². The third-order valence-corrected chi connectivity index (χ3v) is 5.98. The van der Waals surface area contributed by atoms with Crippen LogP contribution in [0.5, 0.6) is 0 Å². The van der Waals surface area contributed by atoms with Gasteiger partial charge in [-0.05, 0) is 36.6 Å². The summed E-state index contributed by atoms with van der Waals surface area (Å²) in [5, 5.41) is 6.25. The summed E-state index contributed by atoms with van der Waals surface area (Å²) in [6.45, 7) is 4.87. The van der Waals surface area contributed by atoms with Crippen molar-refractivity contribution in [3.8, 4) is 0 Å². The van der Waals surface area contributed by atoms with E-state index in [2.05, 4.69) is 22.1 Å². The molecule has 4 nitrogen and oxygen atoms in total. The molecular weight excluding hydrogens is 338 g/mol. The van der Waals surface area contributed by atoms with Crippen LogP contribution in [-0.2, 0) is 0 Å². The molecule has 1 unspecified atom stereocenters. The number of carbonyl (C=O) groups excluding carboxylic acids is 1. The number of nitrogens with zero attached hydrogens (tertiary/aromatic N) is 2.